The summed E-state index contributed by atoms with van der Waals surface area (Å²) < 4.78 is 5.14. The quantitative estimate of drug-likeness (QED) is 0.541. The molecule has 146 valence electrons. The van der Waals surface area contributed by atoms with E-state index in [1.807, 2.05) is 36.4 Å². The molecule has 0 aliphatic heterocycles. The highest BCUT2D eigenvalue weighted by Crippen LogP contribution is 2.19. The summed E-state index contributed by atoms with van der Waals surface area (Å²) in [5.74, 6) is 1.80. The molecule has 0 radical (unpaired) electrons. The van der Waals surface area contributed by atoms with Gasteiger partial charge in [0, 0.05) is 12.1 Å². The maximum atomic E-state index is 12.0. The summed E-state index contributed by atoms with van der Waals surface area (Å²) in [4.78, 5) is 16.5. The van der Waals surface area contributed by atoms with Gasteiger partial charge in [-0.15, -0.1) is 5.10 Å². The fraction of sp³-hybridized carbons (Fsp3) is 0.286. The smallest absolute Gasteiger partial charge is 0.230 e. The minimum Gasteiger partial charge on any atom is -0.497 e. The number of hydrogen-bond acceptors (Lipinski definition) is 5. The lowest BCUT2D eigenvalue weighted by Crippen LogP contribution is -2.27. The van der Waals surface area contributed by atoms with E-state index in [2.05, 4.69) is 39.6 Å². The van der Waals surface area contributed by atoms with Crippen LogP contribution in [0, 0.1) is 0 Å². The molecule has 3 aromatic rings. The maximum absolute atomic E-state index is 12.0. The topological polar surface area (TPSA) is 79.9 Å². The van der Waals surface area contributed by atoms with Gasteiger partial charge in [0.15, 0.2) is 5.82 Å². The summed E-state index contributed by atoms with van der Waals surface area (Å²) in [7, 11) is 1.64. The number of hydrogen-bond donors (Lipinski definition) is 2. The summed E-state index contributed by atoms with van der Waals surface area (Å²) in [6.07, 6.45) is 1.78. The van der Waals surface area contributed by atoms with Gasteiger partial charge in [-0.1, -0.05) is 55.1 Å². The first kappa shape index (κ1) is 19.9. The number of ether oxygens (including phenoxy) is 1. The molecule has 0 saturated carbocycles. The predicted molar refractivity (Wildman–Crippen MR) is 112 cm³/mol. The van der Waals surface area contributed by atoms with Gasteiger partial charge in [0.2, 0.25) is 11.1 Å². The SMILES string of the molecule is CCc1ccc(-c2nc(SCC(=O)NCCc3ccc(OC)cc3)n[nH]2)cc1. The molecular formula is C21H24N4O2S. The predicted octanol–water partition coefficient (Wildman–Crippen LogP) is 3.49. The van der Waals surface area contributed by atoms with Crippen molar-refractivity contribution in [2.24, 2.45) is 0 Å². The average molecular weight is 397 g/mol. The first-order valence-corrected chi connectivity index (χ1v) is 10.2. The van der Waals surface area contributed by atoms with Crippen LogP contribution >= 0.6 is 11.8 Å². The van der Waals surface area contributed by atoms with Crippen LogP contribution in [0.25, 0.3) is 11.4 Å². The summed E-state index contributed by atoms with van der Waals surface area (Å²) in [5.41, 5.74) is 3.42. The number of nitrogens with one attached hydrogen (secondary N) is 2. The number of H-pyrrole nitrogens is 1. The molecule has 0 fully saturated rings. The van der Waals surface area contributed by atoms with Crippen LogP contribution < -0.4 is 10.1 Å². The molecular weight excluding hydrogens is 372 g/mol. The van der Waals surface area contributed by atoms with Crippen molar-refractivity contribution in [3.05, 3.63) is 59.7 Å². The van der Waals surface area contributed by atoms with Crippen LogP contribution in [0.5, 0.6) is 5.75 Å². The van der Waals surface area contributed by atoms with E-state index < -0.39 is 0 Å². The van der Waals surface area contributed by atoms with E-state index in [1.165, 1.54) is 17.3 Å². The third kappa shape index (κ3) is 5.60. The van der Waals surface area contributed by atoms with Crippen LogP contribution in [0.3, 0.4) is 0 Å². The summed E-state index contributed by atoms with van der Waals surface area (Å²) >= 11 is 1.32. The fourth-order valence-electron chi connectivity index (χ4n) is 2.66. The number of aromatic amines is 1. The highest BCUT2D eigenvalue weighted by molar-refractivity contribution is 7.99. The summed E-state index contributed by atoms with van der Waals surface area (Å²) in [5, 5.41) is 10.6. The second kappa shape index (κ2) is 9.94. The van der Waals surface area contributed by atoms with Gasteiger partial charge in [-0.05, 0) is 36.1 Å². The van der Waals surface area contributed by atoms with E-state index in [4.69, 9.17) is 4.74 Å². The number of nitrogens with zero attached hydrogens (tertiary/aromatic N) is 2. The number of thioether (sulfide) groups is 1. The second-order valence-electron chi connectivity index (χ2n) is 6.25. The fourth-order valence-corrected chi connectivity index (χ4v) is 3.29. The molecule has 0 saturated heterocycles. The number of methoxy groups -OCH3 is 1. The van der Waals surface area contributed by atoms with Gasteiger partial charge >= 0.3 is 0 Å². The Hall–Kier alpha value is -2.80. The molecule has 2 aromatic carbocycles. The van der Waals surface area contributed by atoms with E-state index in [9.17, 15) is 4.79 Å². The zero-order valence-corrected chi connectivity index (χ0v) is 16.9. The molecule has 0 aliphatic carbocycles. The van der Waals surface area contributed by atoms with E-state index >= 15 is 0 Å². The van der Waals surface area contributed by atoms with Crippen molar-refractivity contribution in [2.45, 2.75) is 24.9 Å². The Kier molecular flexibility index (Phi) is 7.08. The number of amides is 1. The van der Waals surface area contributed by atoms with Gasteiger partial charge < -0.3 is 10.1 Å². The number of carbonyl (C=O) groups excluding carboxylic acids is 1. The number of rotatable bonds is 9. The van der Waals surface area contributed by atoms with Crippen LogP contribution in [0.4, 0.5) is 0 Å². The number of aryl methyl sites for hydroxylation is 1. The van der Waals surface area contributed by atoms with Gasteiger partial charge in [0.1, 0.15) is 5.75 Å². The molecule has 6 nitrogen and oxygen atoms in total. The van der Waals surface area contributed by atoms with Gasteiger partial charge in [-0.3, -0.25) is 9.89 Å². The van der Waals surface area contributed by atoms with Crippen molar-refractivity contribution in [3.63, 3.8) is 0 Å². The van der Waals surface area contributed by atoms with Crippen LogP contribution in [0.2, 0.25) is 0 Å². The molecule has 1 amide bonds. The number of benzene rings is 2. The van der Waals surface area contributed by atoms with Crippen LogP contribution in [0.15, 0.2) is 53.7 Å². The molecule has 0 aliphatic rings. The van der Waals surface area contributed by atoms with E-state index in [0.717, 1.165) is 29.7 Å². The lowest BCUT2D eigenvalue weighted by molar-refractivity contribution is -0.118. The number of aromatic nitrogens is 3. The molecule has 28 heavy (non-hydrogen) atoms. The monoisotopic (exact) mass is 396 g/mol. The van der Waals surface area contributed by atoms with E-state index in [-0.39, 0.29) is 11.7 Å². The largest absolute Gasteiger partial charge is 0.497 e. The first-order chi connectivity index (χ1) is 13.7. The Bertz CT molecular complexity index is 892. The van der Waals surface area contributed by atoms with E-state index in [0.29, 0.717) is 17.5 Å². The molecule has 1 aromatic heterocycles. The average Bonchev–Trinajstić information content (AvgIpc) is 3.22. The van der Waals surface area contributed by atoms with Gasteiger partial charge in [0.25, 0.3) is 0 Å². The van der Waals surface area contributed by atoms with Crippen LogP contribution in [0.1, 0.15) is 18.1 Å². The zero-order valence-electron chi connectivity index (χ0n) is 16.1. The third-order valence-corrected chi connectivity index (χ3v) is 5.18. The van der Waals surface area contributed by atoms with Gasteiger partial charge in [0.05, 0.1) is 12.9 Å². The Morgan fingerprint density at radius 2 is 1.82 bits per heavy atom. The van der Waals surface area contributed by atoms with Crippen molar-refractivity contribution < 1.29 is 9.53 Å². The summed E-state index contributed by atoms with van der Waals surface area (Å²) in [6.45, 7) is 2.72. The highest BCUT2D eigenvalue weighted by atomic mass is 32.2. The summed E-state index contributed by atoms with van der Waals surface area (Å²) in [6, 6.07) is 16.1. The molecule has 0 atom stereocenters. The Labute approximate surface area is 169 Å². The van der Waals surface area contributed by atoms with Crippen molar-refractivity contribution >= 4 is 17.7 Å². The van der Waals surface area contributed by atoms with Crippen LogP contribution in [-0.4, -0.2) is 40.5 Å². The molecule has 7 heteroatoms. The molecule has 0 spiro atoms. The van der Waals surface area contributed by atoms with Gasteiger partial charge in [-0.25, -0.2) is 4.98 Å². The van der Waals surface area contributed by atoms with Crippen molar-refractivity contribution in [3.8, 4) is 17.1 Å². The molecule has 0 bridgehead atoms. The third-order valence-electron chi connectivity index (χ3n) is 4.33. The maximum Gasteiger partial charge on any atom is 0.230 e. The van der Waals surface area contributed by atoms with Crippen molar-refractivity contribution in [1.82, 2.24) is 20.5 Å². The number of carbonyl (C=O) groups is 1. The molecule has 1 heterocycles. The second-order valence-corrected chi connectivity index (χ2v) is 7.20. The Morgan fingerprint density at radius 1 is 1.11 bits per heavy atom. The molecule has 0 unspecified atom stereocenters. The molecule has 3 rings (SSSR count). The molecule has 2 N–H and O–H groups in total. The van der Waals surface area contributed by atoms with Crippen molar-refractivity contribution in [1.29, 1.82) is 0 Å². The van der Waals surface area contributed by atoms with Crippen LogP contribution in [-0.2, 0) is 17.6 Å². The lowest BCUT2D eigenvalue weighted by Gasteiger charge is -2.05. The minimum atomic E-state index is -0.0304. The standard InChI is InChI=1S/C21H24N4O2S/c1-3-15-4-8-17(9-5-15)20-23-21(25-24-20)28-14-19(26)22-13-12-16-6-10-18(27-2)11-7-16/h4-11H,3,12-14H2,1-2H3,(H,22,26)(H,23,24,25). The Balaban J connectivity index is 1.42. The van der Waals surface area contributed by atoms with E-state index in [1.54, 1.807) is 7.11 Å². The van der Waals surface area contributed by atoms with Crippen molar-refractivity contribution in [2.75, 3.05) is 19.4 Å². The minimum absolute atomic E-state index is 0.0304. The highest BCUT2D eigenvalue weighted by Gasteiger charge is 2.09. The van der Waals surface area contributed by atoms with Gasteiger partial charge in [-0.2, -0.15) is 0 Å². The lowest BCUT2D eigenvalue weighted by atomic mass is 10.1. The normalized spacial score (nSPS) is 10.6. The zero-order chi connectivity index (χ0) is 19.8. The Morgan fingerprint density at radius 3 is 2.50 bits per heavy atom. The first-order valence-electron chi connectivity index (χ1n) is 9.22.